The van der Waals surface area contributed by atoms with Crippen molar-refractivity contribution in [2.75, 3.05) is 6.54 Å². The molecule has 7 nitrogen and oxygen atoms in total. The molecule has 1 aliphatic heterocycles. The summed E-state index contributed by atoms with van der Waals surface area (Å²) >= 11 is 0. The maximum Gasteiger partial charge on any atom is 0.274 e. The van der Waals surface area contributed by atoms with Crippen LogP contribution in [-0.4, -0.2) is 43.8 Å². The Balaban J connectivity index is 1.80. The molecule has 1 saturated heterocycles. The fourth-order valence-corrected chi connectivity index (χ4v) is 2.98. The second kappa shape index (κ2) is 6.44. The number of nitrogens with zero attached hydrogens (tertiary/aromatic N) is 5. The van der Waals surface area contributed by atoms with Gasteiger partial charge in [-0.3, -0.25) is 4.79 Å². The zero-order valence-electron chi connectivity index (χ0n) is 13.7. The van der Waals surface area contributed by atoms with Crippen molar-refractivity contribution in [2.45, 2.75) is 52.0 Å². The van der Waals surface area contributed by atoms with Gasteiger partial charge in [0, 0.05) is 19.0 Å². The molecule has 0 bridgehead atoms. The van der Waals surface area contributed by atoms with Gasteiger partial charge in [-0.05, 0) is 38.8 Å². The molecule has 2 atom stereocenters. The van der Waals surface area contributed by atoms with Crippen molar-refractivity contribution < 1.29 is 9.21 Å². The SMILES string of the molecule is CCc1nnc([C@H]2CCCN(C(=O)c3ccc(C)nn3)[C@H]2C)o1. The molecule has 0 spiro atoms. The number of aryl methyl sites for hydroxylation is 2. The van der Waals surface area contributed by atoms with E-state index in [1.807, 2.05) is 25.7 Å². The van der Waals surface area contributed by atoms with E-state index in [1.54, 1.807) is 12.1 Å². The lowest BCUT2D eigenvalue weighted by atomic mass is 9.90. The summed E-state index contributed by atoms with van der Waals surface area (Å²) in [4.78, 5) is 14.6. The lowest BCUT2D eigenvalue weighted by Crippen LogP contribution is -2.46. The first-order valence-electron chi connectivity index (χ1n) is 8.03. The van der Waals surface area contributed by atoms with Gasteiger partial charge in [0.2, 0.25) is 11.8 Å². The maximum absolute atomic E-state index is 12.7. The largest absolute Gasteiger partial charge is 0.425 e. The van der Waals surface area contributed by atoms with Gasteiger partial charge in [0.25, 0.3) is 5.91 Å². The van der Waals surface area contributed by atoms with E-state index >= 15 is 0 Å². The lowest BCUT2D eigenvalue weighted by Gasteiger charge is -2.37. The van der Waals surface area contributed by atoms with E-state index in [2.05, 4.69) is 20.4 Å². The van der Waals surface area contributed by atoms with Gasteiger partial charge < -0.3 is 9.32 Å². The van der Waals surface area contributed by atoms with E-state index in [0.717, 1.165) is 25.0 Å². The molecule has 2 aromatic rings. The molecule has 0 N–H and O–H groups in total. The summed E-state index contributed by atoms with van der Waals surface area (Å²) in [6.07, 6.45) is 2.56. The Kier molecular flexibility index (Phi) is 4.36. The highest BCUT2D eigenvalue weighted by Crippen LogP contribution is 2.32. The Bertz CT molecular complexity index is 682. The van der Waals surface area contributed by atoms with Crippen LogP contribution in [0.5, 0.6) is 0 Å². The molecule has 122 valence electrons. The first-order valence-corrected chi connectivity index (χ1v) is 8.03. The van der Waals surface area contributed by atoms with Gasteiger partial charge in [-0.1, -0.05) is 6.92 Å². The molecule has 0 radical (unpaired) electrons. The maximum atomic E-state index is 12.7. The number of piperidine rings is 1. The molecular formula is C16H21N5O2. The van der Waals surface area contributed by atoms with E-state index in [4.69, 9.17) is 4.42 Å². The van der Waals surface area contributed by atoms with Gasteiger partial charge in [-0.2, -0.15) is 5.10 Å². The van der Waals surface area contributed by atoms with E-state index in [-0.39, 0.29) is 17.9 Å². The van der Waals surface area contributed by atoms with E-state index < -0.39 is 0 Å². The smallest absolute Gasteiger partial charge is 0.274 e. The third-order valence-electron chi connectivity index (χ3n) is 4.37. The van der Waals surface area contributed by atoms with Crippen molar-refractivity contribution in [2.24, 2.45) is 0 Å². The highest BCUT2D eigenvalue weighted by molar-refractivity contribution is 5.92. The molecule has 3 heterocycles. The van der Waals surface area contributed by atoms with Gasteiger partial charge >= 0.3 is 0 Å². The van der Waals surface area contributed by atoms with E-state index in [0.29, 0.717) is 24.0 Å². The van der Waals surface area contributed by atoms with Gasteiger partial charge in [-0.15, -0.1) is 15.3 Å². The quantitative estimate of drug-likeness (QED) is 0.862. The molecule has 0 aromatic carbocycles. The van der Waals surface area contributed by atoms with Crippen LogP contribution in [-0.2, 0) is 6.42 Å². The molecule has 0 aliphatic carbocycles. The number of carbonyl (C=O) groups excluding carboxylic acids is 1. The zero-order chi connectivity index (χ0) is 16.4. The zero-order valence-corrected chi connectivity index (χ0v) is 13.7. The van der Waals surface area contributed by atoms with Crippen LogP contribution in [0.3, 0.4) is 0 Å². The molecule has 3 rings (SSSR count). The van der Waals surface area contributed by atoms with Crippen molar-refractivity contribution in [3.8, 4) is 0 Å². The van der Waals surface area contributed by atoms with Crippen LogP contribution in [0, 0.1) is 6.92 Å². The second-order valence-electron chi connectivity index (χ2n) is 5.94. The molecular weight excluding hydrogens is 294 g/mol. The summed E-state index contributed by atoms with van der Waals surface area (Å²) in [6.45, 7) is 6.56. The third kappa shape index (κ3) is 3.09. The molecule has 2 aromatic heterocycles. The minimum atomic E-state index is -0.0927. The van der Waals surface area contributed by atoms with E-state index in [9.17, 15) is 4.79 Å². The lowest BCUT2D eigenvalue weighted by molar-refractivity contribution is 0.0575. The Morgan fingerprint density at radius 1 is 1.30 bits per heavy atom. The number of carbonyl (C=O) groups is 1. The van der Waals surface area contributed by atoms with Crippen molar-refractivity contribution in [1.29, 1.82) is 0 Å². The monoisotopic (exact) mass is 315 g/mol. The minimum absolute atomic E-state index is 0.00971. The second-order valence-corrected chi connectivity index (χ2v) is 5.94. The average Bonchev–Trinajstić information content (AvgIpc) is 3.04. The van der Waals surface area contributed by atoms with Crippen molar-refractivity contribution in [3.63, 3.8) is 0 Å². The first-order chi connectivity index (χ1) is 11.1. The standard InChI is InChI=1S/C16H21N5O2/c1-4-14-19-20-15(23-14)12-6-5-9-21(11(12)3)16(22)13-8-7-10(2)17-18-13/h7-8,11-12H,4-6,9H2,1-3H3/t11-,12-/m0/s1. The Labute approximate surface area is 135 Å². The van der Waals surface area contributed by atoms with Crippen molar-refractivity contribution in [1.82, 2.24) is 25.3 Å². The first kappa shape index (κ1) is 15.6. The molecule has 0 saturated carbocycles. The van der Waals surface area contributed by atoms with Gasteiger partial charge in [0.1, 0.15) is 0 Å². The fourth-order valence-electron chi connectivity index (χ4n) is 2.98. The fraction of sp³-hybridized carbons (Fsp3) is 0.562. The highest BCUT2D eigenvalue weighted by atomic mass is 16.4. The Morgan fingerprint density at radius 3 is 2.78 bits per heavy atom. The van der Waals surface area contributed by atoms with Crippen molar-refractivity contribution >= 4 is 5.91 Å². The minimum Gasteiger partial charge on any atom is -0.425 e. The third-order valence-corrected chi connectivity index (χ3v) is 4.37. The summed E-state index contributed by atoms with van der Waals surface area (Å²) in [5.41, 5.74) is 1.17. The summed E-state index contributed by atoms with van der Waals surface area (Å²) in [5.74, 6) is 1.24. The van der Waals surface area contributed by atoms with Gasteiger partial charge in [0.05, 0.1) is 11.6 Å². The van der Waals surface area contributed by atoms with Crippen LogP contribution in [0.4, 0.5) is 0 Å². The number of amides is 1. The van der Waals surface area contributed by atoms with Crippen LogP contribution in [0.25, 0.3) is 0 Å². The Hall–Kier alpha value is -2.31. The molecule has 0 unspecified atom stereocenters. The highest BCUT2D eigenvalue weighted by Gasteiger charge is 2.35. The summed E-state index contributed by atoms with van der Waals surface area (Å²) in [7, 11) is 0. The molecule has 7 heteroatoms. The van der Waals surface area contributed by atoms with Crippen LogP contribution in [0.2, 0.25) is 0 Å². The predicted octanol–water partition coefficient (Wildman–Crippen LogP) is 2.14. The van der Waals surface area contributed by atoms with Gasteiger partial charge in [-0.25, -0.2) is 0 Å². The summed E-state index contributed by atoms with van der Waals surface area (Å²) in [5, 5.41) is 16.2. The molecule has 1 amide bonds. The number of likely N-dealkylation sites (tertiary alicyclic amines) is 1. The summed E-state index contributed by atoms with van der Waals surface area (Å²) in [6, 6.07) is 3.52. The average molecular weight is 315 g/mol. The topological polar surface area (TPSA) is 85.0 Å². The molecule has 1 aliphatic rings. The Morgan fingerprint density at radius 2 is 2.13 bits per heavy atom. The molecule has 1 fully saturated rings. The van der Waals surface area contributed by atoms with Crippen LogP contribution >= 0.6 is 0 Å². The predicted molar refractivity (Wildman–Crippen MR) is 82.9 cm³/mol. The van der Waals surface area contributed by atoms with Crippen LogP contribution in [0.15, 0.2) is 16.5 Å². The van der Waals surface area contributed by atoms with E-state index in [1.165, 1.54) is 0 Å². The van der Waals surface area contributed by atoms with Crippen LogP contribution in [0.1, 0.15) is 60.6 Å². The van der Waals surface area contributed by atoms with Gasteiger partial charge in [0.15, 0.2) is 5.69 Å². The number of aromatic nitrogens is 4. The molecule has 23 heavy (non-hydrogen) atoms. The summed E-state index contributed by atoms with van der Waals surface area (Å²) < 4.78 is 5.70. The number of hydrogen-bond donors (Lipinski definition) is 0. The van der Waals surface area contributed by atoms with Crippen LogP contribution < -0.4 is 0 Å². The number of hydrogen-bond acceptors (Lipinski definition) is 6. The normalized spacial score (nSPS) is 21.4. The van der Waals surface area contributed by atoms with Crippen molar-refractivity contribution in [3.05, 3.63) is 35.3 Å². The number of rotatable bonds is 3.